The van der Waals surface area contributed by atoms with Crippen LogP contribution >= 0.6 is 11.3 Å². The molecule has 0 saturated carbocycles. The minimum Gasteiger partial charge on any atom is -0.497 e. The van der Waals surface area contributed by atoms with Gasteiger partial charge in [-0.1, -0.05) is 24.3 Å². The zero-order valence-corrected chi connectivity index (χ0v) is 15.2. The first-order valence-corrected chi connectivity index (χ1v) is 9.21. The molecular weight excluding hydrogens is 348 g/mol. The van der Waals surface area contributed by atoms with E-state index in [-0.39, 0.29) is 5.97 Å². The fourth-order valence-electron chi connectivity index (χ4n) is 2.93. The summed E-state index contributed by atoms with van der Waals surface area (Å²) < 4.78 is 16.3. The van der Waals surface area contributed by atoms with Crippen molar-refractivity contribution in [3.05, 3.63) is 70.6 Å². The highest BCUT2D eigenvalue weighted by molar-refractivity contribution is 7.17. The minimum absolute atomic E-state index is 0.282. The predicted molar refractivity (Wildman–Crippen MR) is 101 cm³/mol. The molecule has 0 unspecified atom stereocenters. The van der Waals surface area contributed by atoms with E-state index in [2.05, 4.69) is 0 Å². The predicted octanol–water partition coefficient (Wildman–Crippen LogP) is 4.72. The van der Waals surface area contributed by atoms with Crippen LogP contribution in [0, 0.1) is 0 Å². The summed E-state index contributed by atoms with van der Waals surface area (Å²) in [5.41, 5.74) is 3.18. The molecule has 26 heavy (non-hydrogen) atoms. The van der Waals surface area contributed by atoms with Gasteiger partial charge in [0.15, 0.2) is 0 Å². The average molecular weight is 366 g/mol. The topological polar surface area (TPSA) is 44.8 Å². The summed E-state index contributed by atoms with van der Waals surface area (Å²) in [6.07, 6.45) is 0.673. The highest BCUT2D eigenvalue weighted by Crippen LogP contribution is 2.42. The zero-order chi connectivity index (χ0) is 17.9. The standard InChI is InChI=1S/C21H18O4S/c1-23-16-8-6-14(7-9-16)10-11-24-21(22)19-12-15-13-25-18-5-3-2-4-17(18)20(15)26-19/h2-9,12H,10-11,13H2,1H3. The number of carbonyl (C=O) groups excluding carboxylic acids is 1. The Morgan fingerprint density at radius 2 is 1.96 bits per heavy atom. The van der Waals surface area contributed by atoms with Crippen molar-refractivity contribution in [1.29, 1.82) is 0 Å². The molecule has 0 atom stereocenters. The number of hydrogen-bond acceptors (Lipinski definition) is 5. The van der Waals surface area contributed by atoms with E-state index in [4.69, 9.17) is 14.2 Å². The van der Waals surface area contributed by atoms with Crippen LogP contribution in [0.5, 0.6) is 11.5 Å². The summed E-state index contributed by atoms with van der Waals surface area (Å²) in [6.45, 7) is 0.836. The van der Waals surface area contributed by atoms with Crippen molar-refractivity contribution >= 4 is 17.3 Å². The Balaban J connectivity index is 1.41. The van der Waals surface area contributed by atoms with Gasteiger partial charge in [-0.2, -0.15) is 0 Å². The molecule has 4 nitrogen and oxygen atoms in total. The van der Waals surface area contributed by atoms with Gasteiger partial charge >= 0.3 is 5.97 Å². The van der Waals surface area contributed by atoms with Crippen LogP contribution in [0.3, 0.4) is 0 Å². The Hall–Kier alpha value is -2.79. The molecule has 0 N–H and O–H groups in total. The number of rotatable bonds is 5. The number of para-hydroxylation sites is 1. The lowest BCUT2D eigenvalue weighted by atomic mass is 10.1. The van der Waals surface area contributed by atoms with Crippen LogP contribution in [-0.2, 0) is 17.8 Å². The van der Waals surface area contributed by atoms with Crippen LogP contribution in [0.1, 0.15) is 20.8 Å². The van der Waals surface area contributed by atoms with Gasteiger partial charge in [-0.25, -0.2) is 4.79 Å². The number of ether oxygens (including phenoxy) is 3. The second-order valence-corrected chi connectivity index (χ2v) is 7.04. The number of carbonyl (C=O) groups is 1. The third kappa shape index (κ3) is 3.30. The SMILES string of the molecule is COc1ccc(CCOC(=O)c2cc3c(s2)-c2ccccc2OC3)cc1. The van der Waals surface area contributed by atoms with Crippen LogP contribution in [0.15, 0.2) is 54.6 Å². The second-order valence-electron chi connectivity index (χ2n) is 5.98. The normalized spacial score (nSPS) is 11.9. The van der Waals surface area contributed by atoms with Crippen LogP contribution in [0.25, 0.3) is 10.4 Å². The number of esters is 1. The number of hydrogen-bond donors (Lipinski definition) is 0. The lowest BCUT2D eigenvalue weighted by Gasteiger charge is -2.16. The van der Waals surface area contributed by atoms with Crippen molar-refractivity contribution in [2.24, 2.45) is 0 Å². The molecule has 0 amide bonds. The average Bonchev–Trinajstić information content (AvgIpc) is 3.13. The summed E-state index contributed by atoms with van der Waals surface area (Å²) in [6, 6.07) is 17.5. The second kappa shape index (κ2) is 7.22. The molecule has 0 aliphatic carbocycles. The number of methoxy groups -OCH3 is 1. The van der Waals surface area contributed by atoms with Crippen molar-refractivity contribution < 1.29 is 19.0 Å². The number of thiophene rings is 1. The molecule has 2 heterocycles. The largest absolute Gasteiger partial charge is 0.497 e. The van der Waals surface area contributed by atoms with Crippen molar-refractivity contribution in [3.63, 3.8) is 0 Å². The van der Waals surface area contributed by atoms with Gasteiger partial charge in [0.1, 0.15) is 23.0 Å². The summed E-state index contributed by atoms with van der Waals surface area (Å²) in [7, 11) is 1.64. The van der Waals surface area contributed by atoms with Crippen LogP contribution < -0.4 is 9.47 Å². The van der Waals surface area contributed by atoms with Gasteiger partial charge in [0, 0.05) is 22.4 Å². The maximum Gasteiger partial charge on any atom is 0.348 e. The number of fused-ring (bicyclic) bond motifs is 3. The Bertz CT molecular complexity index is 927. The zero-order valence-electron chi connectivity index (χ0n) is 14.4. The maximum absolute atomic E-state index is 12.4. The quantitative estimate of drug-likeness (QED) is 0.613. The summed E-state index contributed by atoms with van der Waals surface area (Å²) in [5.74, 6) is 1.40. The van der Waals surface area contributed by atoms with Gasteiger partial charge in [0.2, 0.25) is 0 Å². The molecule has 0 spiro atoms. The van der Waals surface area contributed by atoms with Crippen molar-refractivity contribution in [2.75, 3.05) is 13.7 Å². The van der Waals surface area contributed by atoms with Crippen LogP contribution in [0.2, 0.25) is 0 Å². The van der Waals surface area contributed by atoms with E-state index in [0.29, 0.717) is 24.5 Å². The lowest BCUT2D eigenvalue weighted by molar-refractivity contribution is 0.0515. The molecule has 3 aromatic rings. The Morgan fingerprint density at radius 3 is 2.77 bits per heavy atom. The molecule has 5 heteroatoms. The smallest absolute Gasteiger partial charge is 0.348 e. The van der Waals surface area contributed by atoms with Gasteiger partial charge < -0.3 is 14.2 Å². The molecule has 1 aliphatic heterocycles. The third-order valence-electron chi connectivity index (χ3n) is 4.31. The van der Waals surface area contributed by atoms with E-state index >= 15 is 0 Å². The number of benzene rings is 2. The summed E-state index contributed by atoms with van der Waals surface area (Å²) in [5, 5.41) is 0. The maximum atomic E-state index is 12.4. The molecule has 2 aromatic carbocycles. The van der Waals surface area contributed by atoms with Gasteiger partial charge in [-0.05, 0) is 35.9 Å². The molecule has 132 valence electrons. The first-order valence-electron chi connectivity index (χ1n) is 8.39. The Morgan fingerprint density at radius 1 is 1.15 bits per heavy atom. The summed E-state index contributed by atoms with van der Waals surface area (Å²) >= 11 is 1.47. The molecule has 1 aliphatic rings. The Labute approximate surface area is 156 Å². The molecule has 4 rings (SSSR count). The molecule has 0 bridgehead atoms. The van der Waals surface area contributed by atoms with Gasteiger partial charge in [-0.3, -0.25) is 0 Å². The fourth-order valence-corrected chi connectivity index (χ4v) is 4.02. The minimum atomic E-state index is -0.282. The third-order valence-corrected chi connectivity index (χ3v) is 5.50. The highest BCUT2D eigenvalue weighted by atomic mass is 32.1. The Kier molecular flexibility index (Phi) is 4.63. The van der Waals surface area contributed by atoms with Crippen molar-refractivity contribution in [2.45, 2.75) is 13.0 Å². The van der Waals surface area contributed by atoms with E-state index in [9.17, 15) is 4.79 Å². The van der Waals surface area contributed by atoms with Gasteiger partial charge in [0.25, 0.3) is 0 Å². The molecule has 1 aromatic heterocycles. The van der Waals surface area contributed by atoms with Crippen molar-refractivity contribution in [1.82, 2.24) is 0 Å². The van der Waals surface area contributed by atoms with Crippen LogP contribution in [-0.4, -0.2) is 19.7 Å². The summed E-state index contributed by atoms with van der Waals surface area (Å²) in [4.78, 5) is 14.1. The monoisotopic (exact) mass is 366 g/mol. The first-order chi connectivity index (χ1) is 12.7. The lowest BCUT2D eigenvalue weighted by Crippen LogP contribution is -2.06. The van der Waals surface area contributed by atoms with Crippen molar-refractivity contribution in [3.8, 4) is 21.9 Å². The van der Waals surface area contributed by atoms with Gasteiger partial charge in [0.05, 0.1) is 13.7 Å². The first kappa shape index (κ1) is 16.7. The molecular formula is C21H18O4S. The van der Waals surface area contributed by atoms with E-state index in [1.54, 1.807) is 7.11 Å². The van der Waals surface area contributed by atoms with Crippen LogP contribution in [0.4, 0.5) is 0 Å². The highest BCUT2D eigenvalue weighted by Gasteiger charge is 2.22. The van der Waals surface area contributed by atoms with Gasteiger partial charge in [-0.15, -0.1) is 11.3 Å². The molecule has 0 radical (unpaired) electrons. The van der Waals surface area contributed by atoms with E-state index < -0.39 is 0 Å². The van der Waals surface area contributed by atoms with E-state index in [0.717, 1.165) is 33.1 Å². The van der Waals surface area contributed by atoms with E-state index in [1.807, 2.05) is 54.6 Å². The fraction of sp³-hybridized carbons (Fsp3) is 0.190. The molecule has 0 saturated heterocycles. The van der Waals surface area contributed by atoms with E-state index in [1.165, 1.54) is 11.3 Å². The molecule has 0 fully saturated rings.